The second-order valence-corrected chi connectivity index (χ2v) is 8.51. The largest absolute Gasteiger partial charge is 0.336 e. The third-order valence-corrected chi connectivity index (χ3v) is 7.00. The Kier molecular flexibility index (Phi) is 5.15. The molecule has 156 valence electrons. The summed E-state index contributed by atoms with van der Waals surface area (Å²) in [4.78, 5) is 29.4. The molecule has 0 unspecified atom stereocenters. The van der Waals surface area contributed by atoms with Gasteiger partial charge in [-0.1, -0.05) is 0 Å². The van der Waals surface area contributed by atoms with Gasteiger partial charge in [0.15, 0.2) is 5.78 Å². The van der Waals surface area contributed by atoms with E-state index in [1.165, 1.54) is 22.9 Å². The Labute approximate surface area is 172 Å². The first-order valence-electron chi connectivity index (χ1n) is 10.8. The molecule has 1 aromatic heterocycles. The quantitative estimate of drug-likeness (QED) is 0.798. The lowest BCUT2D eigenvalue weighted by Crippen LogP contribution is -2.44. The average Bonchev–Trinajstić information content (AvgIpc) is 2.96. The lowest BCUT2D eigenvalue weighted by molar-refractivity contribution is 0.101. The van der Waals surface area contributed by atoms with E-state index in [4.69, 9.17) is 0 Å². The third-order valence-electron chi connectivity index (χ3n) is 7.00. The number of piperidine rings is 1. The number of hydrogen-bond acceptors (Lipinski definition) is 3. The number of Topliss-reactive ketones (excluding diaryl/α,β-unsaturated/α-hetero) is 1. The van der Waals surface area contributed by atoms with Crippen LogP contribution in [0.4, 0.5) is 4.79 Å². The zero-order valence-corrected chi connectivity index (χ0v) is 18.2. The number of rotatable bonds is 4. The third kappa shape index (κ3) is 3.14. The predicted molar refractivity (Wildman–Crippen MR) is 116 cm³/mol. The van der Waals surface area contributed by atoms with Crippen LogP contribution in [0.2, 0.25) is 0 Å². The van der Waals surface area contributed by atoms with Crippen molar-refractivity contribution in [2.24, 2.45) is 0 Å². The summed E-state index contributed by atoms with van der Waals surface area (Å²) in [6, 6.07) is 4.41. The highest BCUT2D eigenvalue weighted by atomic mass is 16.2. The van der Waals surface area contributed by atoms with Crippen molar-refractivity contribution in [2.75, 3.05) is 32.1 Å². The number of fused-ring (bicyclic) bond motifs is 2. The minimum Gasteiger partial charge on any atom is -0.324 e. The highest BCUT2D eigenvalue weighted by Gasteiger charge is 2.38. The van der Waals surface area contributed by atoms with Crippen LogP contribution >= 0.6 is 0 Å². The van der Waals surface area contributed by atoms with Gasteiger partial charge in [-0.05, 0) is 83.8 Å². The van der Waals surface area contributed by atoms with Crippen molar-refractivity contribution < 1.29 is 9.59 Å². The Bertz CT molecular complexity index is 973. The lowest BCUT2D eigenvalue weighted by Gasteiger charge is -2.42. The van der Waals surface area contributed by atoms with Crippen LogP contribution in [0.15, 0.2) is 12.1 Å². The number of nitrogens with zero attached hydrogens (tertiary/aromatic N) is 3. The minimum atomic E-state index is -0.106. The molecule has 0 spiro atoms. The molecule has 4 rings (SSSR count). The molecule has 1 aromatic carbocycles. The molecule has 0 bridgehead atoms. The van der Waals surface area contributed by atoms with E-state index >= 15 is 0 Å². The van der Waals surface area contributed by atoms with Gasteiger partial charge in [0.05, 0.1) is 5.52 Å². The molecule has 6 heteroatoms. The van der Waals surface area contributed by atoms with E-state index in [0.717, 1.165) is 36.2 Å². The van der Waals surface area contributed by atoms with E-state index < -0.39 is 0 Å². The summed E-state index contributed by atoms with van der Waals surface area (Å²) in [6.45, 7) is 10.1. The van der Waals surface area contributed by atoms with Gasteiger partial charge in [-0.3, -0.25) is 9.47 Å². The maximum atomic E-state index is 12.8. The minimum absolute atomic E-state index is 0.0662. The molecule has 0 saturated carbocycles. The molecule has 2 heterocycles. The molecule has 0 radical (unpaired) electrons. The standard InChI is InChI=1S/C23H32N4O2/c1-6-26(7-2)23(29)24-27-14(3)18-13-20-17(9-8-10-25(20)5)19-11-16(15(4)28)12-21(27)22(18)19/h11-12,17,20H,6-10,13H2,1-5H3,(H,24,29)/t17-,20-/m1/s1. The first-order valence-corrected chi connectivity index (χ1v) is 10.8. The molecule has 1 aliphatic heterocycles. The summed E-state index contributed by atoms with van der Waals surface area (Å²) in [6.07, 6.45) is 3.32. The van der Waals surface area contributed by atoms with Crippen LogP contribution in [0.3, 0.4) is 0 Å². The number of likely N-dealkylation sites (N-methyl/N-ethyl adjacent to an activating group) is 1. The number of carbonyl (C=O) groups is 2. The van der Waals surface area contributed by atoms with Crippen molar-refractivity contribution in [3.8, 4) is 0 Å². The zero-order chi connectivity index (χ0) is 20.9. The average molecular weight is 397 g/mol. The molecule has 1 N–H and O–H groups in total. The van der Waals surface area contributed by atoms with Gasteiger partial charge < -0.3 is 9.80 Å². The SMILES string of the molecule is CCN(CC)C(=O)Nn1c(C)c2c3c(cc(C(C)=O)cc31)[C@H]1CCCN(C)[C@@H]1C2. The fraction of sp³-hybridized carbons (Fsp3) is 0.565. The van der Waals surface area contributed by atoms with Crippen molar-refractivity contribution in [1.29, 1.82) is 0 Å². The molecule has 2 atom stereocenters. The molecule has 1 saturated heterocycles. The number of aromatic nitrogens is 1. The van der Waals surface area contributed by atoms with Crippen LogP contribution in [0.1, 0.15) is 66.7 Å². The molecule has 29 heavy (non-hydrogen) atoms. The van der Waals surface area contributed by atoms with Gasteiger partial charge in [0.25, 0.3) is 0 Å². The van der Waals surface area contributed by atoms with Gasteiger partial charge in [0, 0.05) is 41.7 Å². The molecule has 2 aliphatic rings. The Morgan fingerprint density at radius 3 is 2.62 bits per heavy atom. The Balaban J connectivity index is 1.91. The van der Waals surface area contributed by atoms with Crippen molar-refractivity contribution >= 4 is 22.7 Å². The van der Waals surface area contributed by atoms with Crippen LogP contribution in [0.5, 0.6) is 0 Å². The van der Waals surface area contributed by atoms with Gasteiger partial charge in [0.1, 0.15) is 0 Å². The van der Waals surface area contributed by atoms with E-state index in [-0.39, 0.29) is 11.8 Å². The zero-order valence-electron chi connectivity index (χ0n) is 18.2. The van der Waals surface area contributed by atoms with Crippen LogP contribution in [0.25, 0.3) is 10.9 Å². The highest BCUT2D eigenvalue weighted by Crippen LogP contribution is 2.45. The predicted octanol–water partition coefficient (Wildman–Crippen LogP) is 3.89. The maximum absolute atomic E-state index is 12.8. The van der Waals surface area contributed by atoms with Gasteiger partial charge in [-0.15, -0.1) is 0 Å². The molecule has 1 fully saturated rings. The van der Waals surface area contributed by atoms with Crippen LogP contribution in [-0.4, -0.2) is 59.0 Å². The molecule has 2 aromatic rings. The second-order valence-electron chi connectivity index (χ2n) is 8.51. The van der Waals surface area contributed by atoms with Crippen LogP contribution in [0, 0.1) is 6.92 Å². The van der Waals surface area contributed by atoms with Gasteiger partial charge in [-0.2, -0.15) is 0 Å². The summed E-state index contributed by atoms with van der Waals surface area (Å²) in [5, 5.41) is 1.24. The van der Waals surface area contributed by atoms with Crippen LogP contribution < -0.4 is 5.43 Å². The highest BCUT2D eigenvalue weighted by molar-refractivity contribution is 6.01. The fourth-order valence-corrected chi connectivity index (χ4v) is 5.31. The molecule has 6 nitrogen and oxygen atoms in total. The number of nitrogens with one attached hydrogen (secondary N) is 1. The molecule has 1 aliphatic carbocycles. The van der Waals surface area contributed by atoms with E-state index in [9.17, 15) is 9.59 Å². The number of benzene rings is 1. The molecule has 2 amide bonds. The number of amides is 2. The Hall–Kier alpha value is -2.34. The van der Waals surface area contributed by atoms with Gasteiger partial charge in [-0.25, -0.2) is 10.2 Å². The normalized spacial score (nSPS) is 21.1. The van der Waals surface area contributed by atoms with Crippen molar-refractivity contribution in [3.05, 3.63) is 34.5 Å². The first-order chi connectivity index (χ1) is 13.9. The number of likely N-dealkylation sites (tertiary alicyclic amines) is 1. The number of urea groups is 1. The fourth-order valence-electron chi connectivity index (χ4n) is 5.31. The summed E-state index contributed by atoms with van der Waals surface area (Å²) in [5.41, 5.74) is 8.44. The van der Waals surface area contributed by atoms with Crippen molar-refractivity contribution in [1.82, 2.24) is 14.5 Å². The first kappa shape index (κ1) is 20.0. The van der Waals surface area contributed by atoms with Gasteiger partial charge >= 0.3 is 6.03 Å². The smallest absolute Gasteiger partial charge is 0.324 e. The number of hydrogen-bond donors (Lipinski definition) is 1. The van der Waals surface area contributed by atoms with Crippen molar-refractivity contribution in [3.63, 3.8) is 0 Å². The molecular weight excluding hydrogens is 364 g/mol. The van der Waals surface area contributed by atoms with E-state index in [1.54, 1.807) is 11.8 Å². The van der Waals surface area contributed by atoms with E-state index in [2.05, 4.69) is 30.4 Å². The monoisotopic (exact) mass is 396 g/mol. The topological polar surface area (TPSA) is 57.6 Å². The van der Waals surface area contributed by atoms with Gasteiger partial charge in [0.2, 0.25) is 0 Å². The summed E-state index contributed by atoms with van der Waals surface area (Å²) < 4.78 is 1.92. The summed E-state index contributed by atoms with van der Waals surface area (Å²) in [7, 11) is 2.21. The Morgan fingerprint density at radius 1 is 1.24 bits per heavy atom. The summed E-state index contributed by atoms with van der Waals surface area (Å²) in [5.74, 6) is 0.508. The second kappa shape index (κ2) is 7.48. The number of ketones is 1. The molecular formula is C23H32N4O2. The lowest BCUT2D eigenvalue weighted by atomic mass is 9.74. The van der Waals surface area contributed by atoms with Crippen LogP contribution in [-0.2, 0) is 6.42 Å². The number of carbonyl (C=O) groups excluding carboxylic acids is 2. The van der Waals surface area contributed by atoms with Crippen molar-refractivity contribution in [2.45, 2.75) is 58.9 Å². The Morgan fingerprint density at radius 2 is 1.97 bits per heavy atom. The summed E-state index contributed by atoms with van der Waals surface area (Å²) >= 11 is 0. The van der Waals surface area contributed by atoms with E-state index in [1.807, 2.05) is 24.6 Å². The maximum Gasteiger partial charge on any atom is 0.336 e. The van der Waals surface area contributed by atoms with E-state index in [0.29, 0.717) is 25.0 Å².